The van der Waals surface area contributed by atoms with Crippen LogP contribution in [0.25, 0.3) is 0 Å². The summed E-state index contributed by atoms with van der Waals surface area (Å²) >= 11 is 0. The van der Waals surface area contributed by atoms with Crippen LogP contribution < -0.4 is 0 Å². The quantitative estimate of drug-likeness (QED) is 0.694. The van der Waals surface area contributed by atoms with Gasteiger partial charge in [0.05, 0.1) is 0 Å². The Kier molecular flexibility index (Phi) is 6.79. The fourth-order valence-electron chi connectivity index (χ4n) is 7.94. The number of ketones is 3. The van der Waals surface area contributed by atoms with Crippen LogP contribution in [-0.4, -0.2) is 58.0 Å². The van der Waals surface area contributed by atoms with Gasteiger partial charge in [0.15, 0.2) is 0 Å². The first-order valence-electron chi connectivity index (χ1n) is 11.4. The van der Waals surface area contributed by atoms with E-state index in [1.165, 1.54) is 0 Å². The molecule has 8 atom stereocenters. The Hall–Kier alpha value is -0.520. The number of carbonyl (C=O) groups is 4. The van der Waals surface area contributed by atoms with Gasteiger partial charge in [-0.05, 0) is 60.7 Å². The number of carboxylic acids is 1. The Morgan fingerprint density at radius 3 is 2.47 bits per heavy atom. The minimum Gasteiger partial charge on any atom is -0.481 e. The van der Waals surface area contributed by atoms with E-state index in [9.17, 15) is 19.2 Å². The van der Waals surface area contributed by atoms with Crippen molar-refractivity contribution < 1.29 is 24.3 Å². The van der Waals surface area contributed by atoms with E-state index < -0.39 is 11.4 Å². The van der Waals surface area contributed by atoms with Crippen LogP contribution in [0.1, 0.15) is 78.6 Å². The van der Waals surface area contributed by atoms with Gasteiger partial charge in [-0.25, -0.2) is 0 Å². The summed E-state index contributed by atoms with van der Waals surface area (Å²) < 4.78 is 0. The molecule has 1 radical (unpaired) electrons. The van der Waals surface area contributed by atoms with Crippen LogP contribution >= 0.6 is 0 Å². The first-order chi connectivity index (χ1) is 13.6. The number of fused-ring (bicyclic) bond motifs is 5. The Balaban J connectivity index is 0.00000256. The van der Waals surface area contributed by atoms with E-state index in [0.29, 0.717) is 32.1 Å². The molecule has 1 N–H and O–H groups in total. The van der Waals surface area contributed by atoms with Gasteiger partial charge in [0.2, 0.25) is 0 Å². The van der Waals surface area contributed by atoms with Crippen molar-refractivity contribution in [2.75, 3.05) is 0 Å². The molecule has 4 rings (SSSR count). The monoisotopic (exact) mass is 425 g/mol. The van der Waals surface area contributed by atoms with Crippen molar-refractivity contribution in [1.82, 2.24) is 0 Å². The van der Waals surface area contributed by atoms with Gasteiger partial charge in [0.25, 0.3) is 0 Å². The zero-order valence-corrected chi connectivity index (χ0v) is 20.9. The van der Waals surface area contributed by atoms with Gasteiger partial charge < -0.3 is 5.11 Å². The molecular formula is C24H34NaO5. The number of carboxylic acid groups (broad SMARTS) is 1. The third-order valence-corrected chi connectivity index (χ3v) is 9.72. The molecule has 4 saturated carbocycles. The van der Waals surface area contributed by atoms with Gasteiger partial charge >= 0.3 is 5.97 Å². The second kappa shape index (κ2) is 8.44. The van der Waals surface area contributed by atoms with Gasteiger partial charge in [0.1, 0.15) is 17.3 Å². The zero-order valence-electron chi connectivity index (χ0n) is 18.9. The predicted octanol–water partition coefficient (Wildman–Crippen LogP) is 3.69. The first-order valence-corrected chi connectivity index (χ1v) is 11.4. The maximum Gasteiger partial charge on any atom is 0.303 e. The van der Waals surface area contributed by atoms with Crippen LogP contribution in [0.3, 0.4) is 0 Å². The molecular weight excluding hydrogens is 391 g/mol. The van der Waals surface area contributed by atoms with Crippen molar-refractivity contribution in [3.05, 3.63) is 0 Å². The molecule has 0 saturated heterocycles. The maximum absolute atomic E-state index is 13.6. The molecule has 4 aliphatic rings. The van der Waals surface area contributed by atoms with E-state index in [4.69, 9.17) is 5.11 Å². The summed E-state index contributed by atoms with van der Waals surface area (Å²) in [6.07, 6.45) is 5.33. The minimum absolute atomic E-state index is 0. The summed E-state index contributed by atoms with van der Waals surface area (Å²) in [6, 6.07) is 0. The number of Topliss-reactive ketones (excluding diaryl/α,β-unsaturated/α-hetero) is 3. The molecule has 0 bridgehead atoms. The molecule has 5 nitrogen and oxygen atoms in total. The number of aliphatic carboxylic acids is 1. The summed E-state index contributed by atoms with van der Waals surface area (Å²) in [5.41, 5.74) is -0.598. The topological polar surface area (TPSA) is 88.5 Å². The third kappa shape index (κ3) is 3.57. The van der Waals surface area contributed by atoms with Gasteiger partial charge in [0, 0.05) is 73.0 Å². The average molecular weight is 426 g/mol. The van der Waals surface area contributed by atoms with E-state index in [0.717, 1.165) is 19.3 Å². The molecule has 4 fully saturated rings. The van der Waals surface area contributed by atoms with Gasteiger partial charge in [-0.3, -0.25) is 19.2 Å². The van der Waals surface area contributed by atoms with Crippen molar-refractivity contribution in [2.45, 2.75) is 78.6 Å². The summed E-state index contributed by atoms with van der Waals surface area (Å²) in [5, 5.41) is 9.06. The minimum atomic E-state index is -0.792. The SMILES string of the molecule is CC(CCC(=O)O)C1CCC2C3C(=O)CC4CC(=O)CCC4(C)C3CC(=O)C12C.[Na]. The molecule has 0 aromatic carbocycles. The van der Waals surface area contributed by atoms with Gasteiger partial charge in [-0.15, -0.1) is 0 Å². The van der Waals surface area contributed by atoms with E-state index in [-0.39, 0.29) is 94.3 Å². The normalized spacial score (nSPS) is 43.8. The number of hydrogen-bond acceptors (Lipinski definition) is 4. The molecule has 0 aliphatic heterocycles. The van der Waals surface area contributed by atoms with Crippen LogP contribution in [-0.2, 0) is 19.2 Å². The van der Waals surface area contributed by atoms with Crippen LogP contribution in [0.4, 0.5) is 0 Å². The second-order valence-corrected chi connectivity index (χ2v) is 10.9. The van der Waals surface area contributed by atoms with Crippen molar-refractivity contribution in [1.29, 1.82) is 0 Å². The van der Waals surface area contributed by atoms with Crippen LogP contribution in [0, 0.1) is 46.3 Å². The summed E-state index contributed by atoms with van der Waals surface area (Å²) in [7, 11) is 0. The van der Waals surface area contributed by atoms with E-state index in [1.807, 2.05) is 0 Å². The Morgan fingerprint density at radius 2 is 1.80 bits per heavy atom. The van der Waals surface area contributed by atoms with Crippen molar-refractivity contribution in [3.8, 4) is 0 Å². The molecule has 0 aromatic heterocycles. The summed E-state index contributed by atoms with van der Waals surface area (Å²) in [6.45, 7) is 6.37. The molecule has 0 amide bonds. The Labute approximate surface area is 201 Å². The van der Waals surface area contributed by atoms with Gasteiger partial charge in [-0.1, -0.05) is 20.8 Å². The molecule has 0 heterocycles. The largest absolute Gasteiger partial charge is 0.481 e. The third-order valence-electron chi connectivity index (χ3n) is 9.72. The van der Waals surface area contributed by atoms with Crippen molar-refractivity contribution in [2.24, 2.45) is 46.3 Å². The molecule has 4 aliphatic carbocycles. The summed E-state index contributed by atoms with van der Waals surface area (Å²) in [5.74, 6) is 0.524. The standard InChI is InChI=1S/C24H34O5.Na/c1-13(4-7-21(28)29)16-5-6-17-22-18(12-20(27)24(16,17)3)23(2)9-8-15(25)10-14(23)11-19(22)26;/h13-14,16-18,22H,4-12H2,1-3H3,(H,28,29);. The molecule has 30 heavy (non-hydrogen) atoms. The van der Waals surface area contributed by atoms with Crippen LogP contribution in [0.15, 0.2) is 0 Å². The number of hydrogen-bond donors (Lipinski definition) is 1. The Morgan fingerprint density at radius 1 is 1.10 bits per heavy atom. The zero-order chi connectivity index (χ0) is 21.1. The fraction of sp³-hybridized carbons (Fsp3) is 0.833. The maximum atomic E-state index is 13.6. The molecule has 6 heteroatoms. The first kappa shape index (κ1) is 24.1. The van der Waals surface area contributed by atoms with Gasteiger partial charge in [-0.2, -0.15) is 0 Å². The number of rotatable bonds is 4. The molecule has 0 spiro atoms. The molecule has 161 valence electrons. The van der Waals surface area contributed by atoms with E-state index in [2.05, 4.69) is 20.8 Å². The number of carbonyl (C=O) groups excluding carboxylic acids is 3. The van der Waals surface area contributed by atoms with Crippen molar-refractivity contribution in [3.63, 3.8) is 0 Å². The summed E-state index contributed by atoms with van der Waals surface area (Å²) in [4.78, 5) is 50.0. The molecule has 8 unspecified atom stereocenters. The molecule has 0 aromatic rings. The van der Waals surface area contributed by atoms with Crippen molar-refractivity contribution >= 4 is 52.9 Å². The fourth-order valence-corrected chi connectivity index (χ4v) is 7.94. The van der Waals surface area contributed by atoms with Crippen LogP contribution in [0.2, 0.25) is 0 Å². The predicted molar refractivity (Wildman–Crippen MR) is 113 cm³/mol. The average Bonchev–Trinajstić information content (AvgIpc) is 3.01. The Bertz CT molecular complexity index is 763. The second-order valence-electron chi connectivity index (χ2n) is 10.9. The smallest absolute Gasteiger partial charge is 0.303 e. The van der Waals surface area contributed by atoms with E-state index >= 15 is 0 Å². The van der Waals surface area contributed by atoms with Crippen LogP contribution in [0.5, 0.6) is 0 Å². The van der Waals surface area contributed by atoms with E-state index in [1.54, 1.807) is 0 Å².